The number of benzene rings is 2. The fourth-order valence-electron chi connectivity index (χ4n) is 2.99. The Bertz CT molecular complexity index is 1020. The van der Waals surface area contributed by atoms with Crippen molar-refractivity contribution in [2.45, 2.75) is 33.1 Å². The van der Waals surface area contributed by atoms with Gasteiger partial charge in [-0.05, 0) is 48.2 Å². The van der Waals surface area contributed by atoms with Gasteiger partial charge in [-0.15, -0.1) is 0 Å². The number of ketones is 1. The quantitative estimate of drug-likeness (QED) is 0.153. The lowest BCUT2D eigenvalue weighted by Gasteiger charge is -2.11. The maximum Gasteiger partial charge on any atom is 0.211 e. The fraction of sp³-hybridized carbons (Fsp3) is 0.192. The maximum atomic E-state index is 11.5. The molecule has 0 bridgehead atoms. The van der Waals surface area contributed by atoms with Gasteiger partial charge in [-0.3, -0.25) is 20.3 Å². The van der Waals surface area contributed by atoms with Crippen molar-refractivity contribution < 1.29 is 14.8 Å². The van der Waals surface area contributed by atoms with Crippen LogP contribution in [0.4, 0.5) is 5.69 Å². The van der Waals surface area contributed by atoms with Crippen molar-refractivity contribution in [3.63, 3.8) is 0 Å². The number of Topliss-reactive ketones (excluding diaryl/α,β-unsaturated/α-hetero) is 1. The fourth-order valence-corrected chi connectivity index (χ4v) is 2.99. The van der Waals surface area contributed by atoms with Crippen LogP contribution in [0.25, 0.3) is 11.1 Å². The predicted molar refractivity (Wildman–Crippen MR) is 129 cm³/mol. The Balaban J connectivity index is 2.21. The molecule has 0 fully saturated rings. The van der Waals surface area contributed by atoms with Crippen LogP contribution in [0.3, 0.4) is 0 Å². The van der Waals surface area contributed by atoms with Gasteiger partial charge in [0.15, 0.2) is 5.84 Å². The summed E-state index contributed by atoms with van der Waals surface area (Å²) < 4.78 is 0. The molecule has 0 aromatic heterocycles. The number of allylic oxidation sites excluding steroid dienone is 3. The van der Waals surface area contributed by atoms with E-state index in [0.717, 1.165) is 23.1 Å². The molecular weight excluding hydrogens is 402 g/mol. The SMILES string of the molecule is C=C(NC=O)/C(=C\C=C/C)C(=Nc1ccc(-c2ccc(CCC(=O)CC)cc2)cc1)NO. The first-order valence-electron chi connectivity index (χ1n) is 10.4. The Hall–Kier alpha value is -3.77. The van der Waals surface area contributed by atoms with Gasteiger partial charge in [0, 0.05) is 24.1 Å². The highest BCUT2D eigenvalue weighted by molar-refractivity contribution is 6.03. The Labute approximate surface area is 189 Å². The number of hydrogen-bond donors (Lipinski definition) is 3. The van der Waals surface area contributed by atoms with Crippen LogP contribution in [0.2, 0.25) is 0 Å². The molecule has 0 radical (unpaired) electrons. The van der Waals surface area contributed by atoms with Gasteiger partial charge in [0.25, 0.3) is 0 Å². The van der Waals surface area contributed by atoms with Crippen LogP contribution in [0.15, 0.2) is 89.6 Å². The summed E-state index contributed by atoms with van der Waals surface area (Å²) >= 11 is 0. The molecule has 32 heavy (non-hydrogen) atoms. The van der Waals surface area contributed by atoms with Crippen molar-refractivity contribution >= 4 is 23.7 Å². The molecular formula is C26H29N3O3. The molecule has 166 valence electrons. The zero-order valence-corrected chi connectivity index (χ0v) is 18.5. The highest BCUT2D eigenvalue weighted by Crippen LogP contribution is 2.24. The number of nitrogens with one attached hydrogen (secondary N) is 2. The minimum atomic E-state index is 0.154. The smallest absolute Gasteiger partial charge is 0.211 e. The lowest BCUT2D eigenvalue weighted by molar-refractivity contribution is -0.118. The van der Waals surface area contributed by atoms with E-state index in [1.807, 2.05) is 68.5 Å². The molecule has 2 aromatic rings. The number of hydrogen-bond acceptors (Lipinski definition) is 4. The van der Waals surface area contributed by atoms with E-state index >= 15 is 0 Å². The second kappa shape index (κ2) is 12.8. The topological polar surface area (TPSA) is 90.8 Å². The lowest BCUT2D eigenvalue weighted by atomic mass is 10.0. The van der Waals surface area contributed by atoms with Gasteiger partial charge in [0.2, 0.25) is 6.41 Å². The van der Waals surface area contributed by atoms with Crippen molar-refractivity contribution in [1.82, 2.24) is 10.8 Å². The largest absolute Gasteiger partial charge is 0.329 e. The number of aliphatic imine (C=N–C) groups is 1. The number of amides is 1. The Morgan fingerprint density at radius 3 is 2.25 bits per heavy atom. The Morgan fingerprint density at radius 2 is 1.72 bits per heavy atom. The molecule has 0 aliphatic heterocycles. The van der Waals surface area contributed by atoms with E-state index in [1.165, 1.54) is 0 Å². The number of carbonyl (C=O) groups is 2. The third-order valence-electron chi connectivity index (χ3n) is 4.86. The monoisotopic (exact) mass is 431 g/mol. The van der Waals surface area contributed by atoms with Crippen molar-refractivity contribution in [3.8, 4) is 11.1 Å². The van der Waals surface area contributed by atoms with Crippen molar-refractivity contribution in [2.24, 2.45) is 4.99 Å². The molecule has 0 unspecified atom stereocenters. The average Bonchev–Trinajstić information content (AvgIpc) is 2.82. The van der Waals surface area contributed by atoms with Crippen LogP contribution >= 0.6 is 0 Å². The highest BCUT2D eigenvalue weighted by Gasteiger charge is 2.10. The van der Waals surface area contributed by atoms with E-state index in [2.05, 4.69) is 22.4 Å². The van der Waals surface area contributed by atoms with Crippen molar-refractivity contribution in [2.75, 3.05) is 0 Å². The van der Waals surface area contributed by atoms with E-state index in [0.29, 0.717) is 36.2 Å². The third-order valence-corrected chi connectivity index (χ3v) is 4.86. The van der Waals surface area contributed by atoms with Gasteiger partial charge in [-0.25, -0.2) is 4.99 Å². The molecule has 0 spiro atoms. The number of rotatable bonds is 11. The van der Waals surface area contributed by atoms with Crippen LogP contribution in [-0.2, 0) is 16.0 Å². The minimum Gasteiger partial charge on any atom is -0.329 e. The molecule has 0 saturated carbocycles. The standard InChI is InChI=1S/C26H29N3O3/c1-4-6-7-25(19(3)27-18-30)26(29-32)28-23-15-13-22(14-16-23)21-11-8-20(9-12-21)10-17-24(31)5-2/h4,6-9,11-16,18,32H,3,5,10,17H2,1-2H3,(H,27,30)(H,28,29)/b6-4-,25-7+. The summed E-state index contributed by atoms with van der Waals surface area (Å²) in [7, 11) is 0. The minimum absolute atomic E-state index is 0.154. The first-order chi connectivity index (χ1) is 15.5. The van der Waals surface area contributed by atoms with Gasteiger partial charge < -0.3 is 5.32 Å². The van der Waals surface area contributed by atoms with E-state index < -0.39 is 0 Å². The number of carbonyl (C=O) groups excluding carboxylic acids is 2. The van der Waals surface area contributed by atoms with Crippen LogP contribution in [0, 0.1) is 0 Å². The predicted octanol–water partition coefficient (Wildman–Crippen LogP) is 5.04. The molecule has 6 nitrogen and oxygen atoms in total. The number of amidine groups is 1. The van der Waals surface area contributed by atoms with Gasteiger partial charge in [-0.1, -0.05) is 62.1 Å². The Morgan fingerprint density at radius 1 is 1.09 bits per heavy atom. The lowest BCUT2D eigenvalue weighted by Crippen LogP contribution is -2.26. The molecule has 0 aliphatic rings. The number of nitrogens with zero attached hydrogens (tertiary/aromatic N) is 1. The Kier molecular flexibility index (Phi) is 9.81. The van der Waals surface area contributed by atoms with Gasteiger partial charge >= 0.3 is 0 Å². The summed E-state index contributed by atoms with van der Waals surface area (Å²) in [4.78, 5) is 26.7. The summed E-state index contributed by atoms with van der Waals surface area (Å²) in [6.07, 6.45) is 7.67. The molecule has 0 atom stereocenters. The molecule has 6 heteroatoms. The zero-order chi connectivity index (χ0) is 23.3. The van der Waals surface area contributed by atoms with E-state index in [-0.39, 0.29) is 11.6 Å². The summed E-state index contributed by atoms with van der Waals surface area (Å²) in [5.41, 5.74) is 6.67. The van der Waals surface area contributed by atoms with Crippen molar-refractivity contribution in [3.05, 3.63) is 90.2 Å². The first kappa shape index (κ1) is 24.5. The molecule has 2 rings (SSSR count). The molecule has 0 heterocycles. The average molecular weight is 432 g/mol. The summed E-state index contributed by atoms with van der Waals surface area (Å²) in [6.45, 7) is 7.54. The van der Waals surface area contributed by atoms with E-state index in [9.17, 15) is 14.8 Å². The molecule has 1 amide bonds. The second-order valence-electron chi connectivity index (χ2n) is 7.06. The van der Waals surface area contributed by atoms with Gasteiger partial charge in [0.1, 0.15) is 5.78 Å². The number of aryl methyl sites for hydroxylation is 1. The van der Waals surface area contributed by atoms with Gasteiger partial charge in [0.05, 0.1) is 5.69 Å². The van der Waals surface area contributed by atoms with Crippen LogP contribution in [0.5, 0.6) is 0 Å². The normalized spacial score (nSPS) is 12.0. The van der Waals surface area contributed by atoms with Crippen LogP contribution in [0.1, 0.15) is 32.3 Å². The van der Waals surface area contributed by atoms with E-state index in [1.54, 1.807) is 12.2 Å². The van der Waals surface area contributed by atoms with E-state index in [4.69, 9.17) is 0 Å². The summed E-state index contributed by atoms with van der Waals surface area (Å²) in [6, 6.07) is 15.7. The van der Waals surface area contributed by atoms with Crippen LogP contribution < -0.4 is 10.8 Å². The zero-order valence-electron chi connectivity index (χ0n) is 18.5. The van der Waals surface area contributed by atoms with Crippen molar-refractivity contribution in [1.29, 1.82) is 0 Å². The first-order valence-corrected chi connectivity index (χ1v) is 10.4. The molecule has 0 saturated heterocycles. The second-order valence-corrected chi connectivity index (χ2v) is 7.06. The number of hydroxylamine groups is 1. The molecule has 0 aliphatic carbocycles. The van der Waals surface area contributed by atoms with Crippen LogP contribution in [-0.4, -0.2) is 23.2 Å². The molecule has 3 N–H and O–H groups in total. The van der Waals surface area contributed by atoms with Gasteiger partial charge in [-0.2, -0.15) is 0 Å². The summed E-state index contributed by atoms with van der Waals surface area (Å²) in [5, 5.41) is 12.1. The maximum absolute atomic E-state index is 11.5. The highest BCUT2D eigenvalue weighted by atomic mass is 16.5. The molecule has 2 aromatic carbocycles. The summed E-state index contributed by atoms with van der Waals surface area (Å²) in [5.74, 6) is 0.428. The third kappa shape index (κ3) is 7.18.